The number of para-hydroxylation sites is 1. The normalized spacial score (nSPS) is 10.2. The van der Waals surface area contributed by atoms with Crippen molar-refractivity contribution < 1.29 is 9.18 Å². The van der Waals surface area contributed by atoms with E-state index in [4.69, 9.17) is 0 Å². The van der Waals surface area contributed by atoms with E-state index in [1.165, 1.54) is 18.2 Å². The minimum absolute atomic E-state index is 0.335. The zero-order chi connectivity index (χ0) is 16.9. The van der Waals surface area contributed by atoms with Gasteiger partial charge in [0.2, 0.25) is 0 Å². The quantitative estimate of drug-likeness (QED) is 0.665. The molecule has 0 unspecified atom stereocenters. The van der Waals surface area contributed by atoms with Crippen molar-refractivity contribution in [2.45, 2.75) is 0 Å². The molecule has 0 aliphatic rings. The summed E-state index contributed by atoms with van der Waals surface area (Å²) in [6, 6.07) is 16.6. The van der Waals surface area contributed by atoms with Crippen LogP contribution in [-0.2, 0) is 0 Å². The molecule has 4 nitrogen and oxygen atoms in total. The molecule has 0 aliphatic carbocycles. The van der Waals surface area contributed by atoms with Gasteiger partial charge >= 0.3 is 0 Å². The van der Waals surface area contributed by atoms with Crippen molar-refractivity contribution in [1.29, 1.82) is 0 Å². The number of carbonyl (C=O) groups excluding carboxylic acids is 1. The van der Waals surface area contributed by atoms with Gasteiger partial charge in [-0.25, -0.2) is 9.37 Å². The third-order valence-electron chi connectivity index (χ3n) is 3.24. The van der Waals surface area contributed by atoms with Crippen LogP contribution < -0.4 is 10.6 Å². The number of aromatic nitrogens is 1. The maximum atomic E-state index is 13.2. The van der Waals surface area contributed by atoms with Crippen molar-refractivity contribution in [2.75, 3.05) is 10.6 Å². The lowest BCUT2D eigenvalue weighted by Crippen LogP contribution is -2.12. The second kappa shape index (κ2) is 7.23. The Hall–Kier alpha value is -2.73. The second-order valence-electron chi connectivity index (χ2n) is 5.00. The van der Waals surface area contributed by atoms with Gasteiger partial charge in [0.25, 0.3) is 5.91 Å². The van der Waals surface area contributed by atoms with E-state index in [0.717, 1.165) is 10.2 Å². The smallest absolute Gasteiger partial charge is 0.255 e. The molecule has 3 aromatic rings. The van der Waals surface area contributed by atoms with E-state index in [9.17, 15) is 9.18 Å². The Labute approximate surface area is 146 Å². The molecule has 2 aromatic carbocycles. The number of nitrogens with one attached hydrogen (secondary N) is 2. The van der Waals surface area contributed by atoms with Gasteiger partial charge in [-0.15, -0.1) is 0 Å². The van der Waals surface area contributed by atoms with Crippen molar-refractivity contribution in [3.05, 3.63) is 82.7 Å². The molecule has 1 heterocycles. The van der Waals surface area contributed by atoms with Crippen LogP contribution in [0.5, 0.6) is 0 Å². The van der Waals surface area contributed by atoms with Gasteiger partial charge < -0.3 is 10.6 Å². The van der Waals surface area contributed by atoms with Crippen LogP contribution in [-0.4, -0.2) is 10.9 Å². The molecular weight excluding hydrogens is 373 g/mol. The van der Waals surface area contributed by atoms with Crippen LogP contribution in [0, 0.1) is 5.82 Å². The molecule has 1 amide bonds. The van der Waals surface area contributed by atoms with Crippen LogP contribution in [0.4, 0.5) is 21.6 Å². The average molecular weight is 386 g/mol. The fraction of sp³-hybridized carbons (Fsp3) is 0. The first-order valence-electron chi connectivity index (χ1n) is 7.16. The number of rotatable bonds is 4. The summed E-state index contributed by atoms with van der Waals surface area (Å²) in [5.74, 6) is -0.203. The third kappa shape index (κ3) is 3.97. The predicted molar refractivity (Wildman–Crippen MR) is 96.0 cm³/mol. The summed E-state index contributed by atoms with van der Waals surface area (Å²) in [7, 11) is 0. The Morgan fingerprint density at radius 2 is 1.88 bits per heavy atom. The predicted octanol–water partition coefficient (Wildman–Crippen LogP) is 4.98. The summed E-state index contributed by atoms with van der Waals surface area (Å²) in [5.41, 5.74) is 1.66. The highest BCUT2D eigenvalue weighted by Crippen LogP contribution is 2.24. The lowest BCUT2D eigenvalue weighted by molar-refractivity contribution is 0.102. The van der Waals surface area contributed by atoms with Gasteiger partial charge in [0.15, 0.2) is 0 Å². The number of amides is 1. The first kappa shape index (κ1) is 16.1. The van der Waals surface area contributed by atoms with Crippen molar-refractivity contribution in [1.82, 2.24) is 4.98 Å². The van der Waals surface area contributed by atoms with Crippen molar-refractivity contribution >= 4 is 39.0 Å². The molecule has 2 N–H and O–H groups in total. The fourth-order valence-corrected chi connectivity index (χ4v) is 2.49. The highest BCUT2D eigenvalue weighted by molar-refractivity contribution is 9.10. The van der Waals surface area contributed by atoms with E-state index in [2.05, 4.69) is 31.5 Å². The van der Waals surface area contributed by atoms with E-state index in [1.807, 2.05) is 24.3 Å². The van der Waals surface area contributed by atoms with E-state index in [1.54, 1.807) is 24.4 Å². The summed E-state index contributed by atoms with van der Waals surface area (Å²) in [5, 5.41) is 5.80. The summed E-state index contributed by atoms with van der Waals surface area (Å²) >= 11 is 3.45. The number of benzene rings is 2. The largest absolute Gasteiger partial charge is 0.339 e. The minimum atomic E-state index is -0.404. The lowest BCUT2D eigenvalue weighted by Gasteiger charge is -2.09. The number of halogens is 2. The van der Waals surface area contributed by atoms with Gasteiger partial charge in [0, 0.05) is 21.9 Å². The van der Waals surface area contributed by atoms with Crippen LogP contribution in [0.3, 0.4) is 0 Å². The van der Waals surface area contributed by atoms with E-state index < -0.39 is 5.82 Å². The summed E-state index contributed by atoms with van der Waals surface area (Å²) < 4.78 is 14.1. The van der Waals surface area contributed by atoms with Crippen molar-refractivity contribution in [3.63, 3.8) is 0 Å². The summed E-state index contributed by atoms with van der Waals surface area (Å²) in [6.45, 7) is 0. The maximum absolute atomic E-state index is 13.2. The molecule has 24 heavy (non-hydrogen) atoms. The Bertz CT molecular complexity index is 885. The number of anilines is 3. The summed E-state index contributed by atoms with van der Waals surface area (Å²) in [6.07, 6.45) is 1.54. The number of hydrogen-bond acceptors (Lipinski definition) is 3. The number of pyridine rings is 1. The summed E-state index contributed by atoms with van der Waals surface area (Å²) in [4.78, 5) is 16.5. The van der Waals surface area contributed by atoms with Crippen LogP contribution in [0.15, 0.2) is 71.3 Å². The first-order valence-corrected chi connectivity index (χ1v) is 7.95. The number of nitrogens with zero attached hydrogens (tertiary/aromatic N) is 1. The zero-order valence-corrected chi connectivity index (χ0v) is 14.0. The highest BCUT2D eigenvalue weighted by atomic mass is 79.9. The molecule has 0 atom stereocenters. The molecule has 0 aliphatic heterocycles. The average Bonchev–Trinajstić information content (AvgIpc) is 2.57. The monoisotopic (exact) mass is 385 g/mol. The third-order valence-corrected chi connectivity index (χ3v) is 3.93. The van der Waals surface area contributed by atoms with Crippen molar-refractivity contribution in [2.24, 2.45) is 0 Å². The van der Waals surface area contributed by atoms with Gasteiger partial charge in [-0.2, -0.15) is 0 Å². The number of carbonyl (C=O) groups is 1. The molecule has 1 aromatic heterocycles. The molecule has 0 radical (unpaired) electrons. The Balaban J connectivity index is 1.77. The molecule has 0 fully saturated rings. The molecule has 120 valence electrons. The van der Waals surface area contributed by atoms with Gasteiger partial charge in [0.05, 0.1) is 5.69 Å². The molecule has 6 heteroatoms. The molecule has 0 spiro atoms. The molecule has 0 bridgehead atoms. The standard InChI is InChI=1S/C18H13BrFN3O/c19-15-6-1-2-7-16(15)23-17-10-12(8-9-21-17)18(24)22-14-5-3-4-13(20)11-14/h1-11H,(H,21,23)(H,22,24). The van der Waals surface area contributed by atoms with Crippen molar-refractivity contribution in [3.8, 4) is 0 Å². The Morgan fingerprint density at radius 1 is 1.04 bits per heavy atom. The van der Waals surface area contributed by atoms with Gasteiger partial charge in [-0.3, -0.25) is 4.79 Å². The van der Waals surface area contributed by atoms with E-state index in [0.29, 0.717) is 17.1 Å². The molecular formula is C18H13BrFN3O. The SMILES string of the molecule is O=C(Nc1cccc(F)c1)c1ccnc(Nc2ccccc2Br)c1. The molecule has 3 rings (SSSR count). The first-order chi connectivity index (χ1) is 11.6. The van der Waals surface area contributed by atoms with Crippen LogP contribution in [0.25, 0.3) is 0 Å². The lowest BCUT2D eigenvalue weighted by atomic mass is 10.2. The molecule has 0 saturated heterocycles. The van der Waals surface area contributed by atoms with Crippen LogP contribution in [0.1, 0.15) is 10.4 Å². The van der Waals surface area contributed by atoms with Gasteiger partial charge in [-0.1, -0.05) is 18.2 Å². The van der Waals surface area contributed by atoms with Crippen LogP contribution in [0.2, 0.25) is 0 Å². The maximum Gasteiger partial charge on any atom is 0.255 e. The second-order valence-corrected chi connectivity index (χ2v) is 5.85. The van der Waals surface area contributed by atoms with E-state index >= 15 is 0 Å². The Morgan fingerprint density at radius 3 is 2.67 bits per heavy atom. The topological polar surface area (TPSA) is 54.0 Å². The molecule has 0 saturated carbocycles. The Kier molecular flexibility index (Phi) is 4.86. The van der Waals surface area contributed by atoms with E-state index in [-0.39, 0.29) is 5.91 Å². The number of hydrogen-bond donors (Lipinski definition) is 2. The minimum Gasteiger partial charge on any atom is -0.339 e. The van der Waals surface area contributed by atoms with Gasteiger partial charge in [-0.05, 0) is 58.4 Å². The van der Waals surface area contributed by atoms with Crippen LogP contribution >= 0.6 is 15.9 Å². The zero-order valence-electron chi connectivity index (χ0n) is 12.5. The van der Waals surface area contributed by atoms with Gasteiger partial charge in [0.1, 0.15) is 11.6 Å². The fourth-order valence-electron chi connectivity index (χ4n) is 2.11. The highest BCUT2D eigenvalue weighted by Gasteiger charge is 2.09.